The molecule has 2 rings (SSSR count). The van der Waals surface area contributed by atoms with E-state index in [1.165, 1.54) is 22.5 Å². The van der Waals surface area contributed by atoms with Crippen LogP contribution in [0.15, 0.2) is 22.7 Å². The molecule has 0 bridgehead atoms. The highest BCUT2D eigenvalue weighted by molar-refractivity contribution is 9.10. The van der Waals surface area contributed by atoms with Crippen molar-refractivity contribution in [1.29, 1.82) is 0 Å². The summed E-state index contributed by atoms with van der Waals surface area (Å²) in [6, 6.07) is 4.29. The minimum Gasteiger partial charge on any atom is -0.478 e. The summed E-state index contributed by atoms with van der Waals surface area (Å²) in [4.78, 5) is 11.1. The largest absolute Gasteiger partial charge is 0.478 e. The molecule has 1 saturated heterocycles. The summed E-state index contributed by atoms with van der Waals surface area (Å²) in [7, 11) is -3.79. The van der Waals surface area contributed by atoms with Gasteiger partial charge in [-0.1, -0.05) is 15.9 Å². The zero-order valence-corrected chi connectivity index (χ0v) is 12.8. The first-order valence-electron chi connectivity index (χ1n) is 5.78. The van der Waals surface area contributed by atoms with Crippen molar-refractivity contribution >= 4 is 37.8 Å². The summed E-state index contributed by atoms with van der Waals surface area (Å²) in [6.07, 6.45) is 0. The summed E-state index contributed by atoms with van der Waals surface area (Å²) in [5.41, 5.74) is -0.0802. The van der Waals surface area contributed by atoms with Crippen molar-refractivity contribution in [3.8, 4) is 0 Å². The van der Waals surface area contributed by atoms with Crippen molar-refractivity contribution in [2.75, 3.05) is 31.0 Å². The van der Waals surface area contributed by atoms with Crippen LogP contribution in [0.1, 0.15) is 10.4 Å². The van der Waals surface area contributed by atoms with E-state index in [1.807, 2.05) is 0 Å². The number of nitrogens with zero attached hydrogens (tertiary/aromatic N) is 1. The maximum absolute atomic E-state index is 12.2. The van der Waals surface area contributed by atoms with Crippen LogP contribution in [0.5, 0.6) is 0 Å². The fourth-order valence-corrected chi connectivity index (χ4v) is 3.34. The average molecular weight is 365 g/mol. The Bertz CT molecular complexity index is 613. The molecule has 7 nitrogen and oxygen atoms in total. The lowest BCUT2D eigenvalue weighted by atomic mass is 10.2. The molecule has 0 unspecified atom stereocenters. The monoisotopic (exact) mass is 364 g/mol. The van der Waals surface area contributed by atoms with E-state index in [9.17, 15) is 13.2 Å². The van der Waals surface area contributed by atoms with Crippen LogP contribution in [0.4, 0.5) is 5.69 Å². The zero-order chi connectivity index (χ0) is 14.8. The van der Waals surface area contributed by atoms with Crippen molar-refractivity contribution in [2.45, 2.75) is 0 Å². The Morgan fingerprint density at radius 2 is 2.00 bits per heavy atom. The zero-order valence-electron chi connectivity index (χ0n) is 10.4. The van der Waals surface area contributed by atoms with E-state index < -0.39 is 16.2 Å². The number of hydrogen-bond acceptors (Lipinski definition) is 4. The van der Waals surface area contributed by atoms with Crippen LogP contribution in [0.25, 0.3) is 0 Å². The molecule has 0 radical (unpaired) electrons. The van der Waals surface area contributed by atoms with Crippen molar-refractivity contribution < 1.29 is 23.1 Å². The van der Waals surface area contributed by atoms with E-state index in [4.69, 9.17) is 9.84 Å². The molecule has 1 aromatic carbocycles. The molecule has 0 amide bonds. The van der Waals surface area contributed by atoms with Gasteiger partial charge in [-0.3, -0.25) is 4.72 Å². The van der Waals surface area contributed by atoms with Crippen molar-refractivity contribution in [3.05, 3.63) is 28.2 Å². The van der Waals surface area contributed by atoms with E-state index in [0.717, 1.165) is 0 Å². The molecule has 0 saturated carbocycles. The van der Waals surface area contributed by atoms with Crippen LogP contribution in [0.2, 0.25) is 0 Å². The van der Waals surface area contributed by atoms with Gasteiger partial charge in [0.25, 0.3) is 0 Å². The Morgan fingerprint density at radius 1 is 1.35 bits per heavy atom. The normalized spacial score (nSPS) is 16.9. The van der Waals surface area contributed by atoms with Gasteiger partial charge in [-0.25, -0.2) is 4.79 Å². The Morgan fingerprint density at radius 3 is 2.60 bits per heavy atom. The van der Waals surface area contributed by atoms with Gasteiger partial charge in [0.15, 0.2) is 0 Å². The first-order chi connectivity index (χ1) is 9.40. The van der Waals surface area contributed by atoms with Crippen molar-refractivity contribution in [1.82, 2.24) is 4.31 Å². The highest BCUT2D eigenvalue weighted by Crippen LogP contribution is 2.23. The lowest BCUT2D eigenvalue weighted by Gasteiger charge is -2.26. The molecular weight excluding hydrogens is 352 g/mol. The second kappa shape index (κ2) is 6.08. The molecule has 2 N–H and O–H groups in total. The number of carbonyl (C=O) groups is 1. The number of morpholine rings is 1. The Balaban J connectivity index is 2.28. The predicted octanol–water partition coefficient (Wildman–Crippen LogP) is 1.14. The van der Waals surface area contributed by atoms with Gasteiger partial charge in [0.2, 0.25) is 0 Å². The quantitative estimate of drug-likeness (QED) is 0.834. The molecule has 1 fully saturated rings. The van der Waals surface area contributed by atoms with Gasteiger partial charge in [-0.15, -0.1) is 0 Å². The molecular formula is C11H13BrN2O5S. The third-order valence-electron chi connectivity index (χ3n) is 2.76. The van der Waals surface area contributed by atoms with Gasteiger partial charge >= 0.3 is 16.2 Å². The fourth-order valence-electron chi connectivity index (χ4n) is 1.78. The SMILES string of the molecule is O=C(O)c1ccc(Br)cc1NS(=O)(=O)N1CCOCC1. The van der Waals surface area contributed by atoms with Crippen LogP contribution in [0, 0.1) is 0 Å². The first kappa shape index (κ1) is 15.2. The van der Waals surface area contributed by atoms with Gasteiger partial charge < -0.3 is 9.84 Å². The van der Waals surface area contributed by atoms with Crippen LogP contribution >= 0.6 is 15.9 Å². The van der Waals surface area contributed by atoms with Gasteiger partial charge in [0.1, 0.15) is 0 Å². The number of rotatable bonds is 4. The second-order valence-corrected chi connectivity index (χ2v) is 6.70. The highest BCUT2D eigenvalue weighted by Gasteiger charge is 2.25. The number of halogens is 1. The maximum Gasteiger partial charge on any atom is 0.337 e. The minimum atomic E-state index is -3.79. The van der Waals surface area contributed by atoms with Gasteiger partial charge in [0.05, 0.1) is 24.5 Å². The predicted molar refractivity (Wildman–Crippen MR) is 76.0 cm³/mol. The summed E-state index contributed by atoms with van der Waals surface area (Å²) in [6.45, 7) is 1.13. The molecule has 1 heterocycles. The lowest BCUT2D eigenvalue weighted by Crippen LogP contribution is -2.43. The number of carboxylic acids is 1. The molecule has 110 valence electrons. The van der Waals surface area contributed by atoms with E-state index >= 15 is 0 Å². The summed E-state index contributed by atoms with van der Waals surface area (Å²) in [5, 5.41) is 9.08. The third kappa shape index (κ3) is 3.48. The van der Waals surface area contributed by atoms with E-state index in [-0.39, 0.29) is 24.3 Å². The Kier molecular flexibility index (Phi) is 4.63. The molecule has 0 aromatic heterocycles. The molecule has 1 aliphatic heterocycles. The molecule has 9 heteroatoms. The molecule has 0 atom stereocenters. The number of nitrogens with one attached hydrogen (secondary N) is 1. The van der Waals surface area contributed by atoms with Crippen molar-refractivity contribution in [2.24, 2.45) is 0 Å². The summed E-state index contributed by atoms with van der Waals surface area (Å²) < 4.78 is 33.6. The first-order valence-corrected chi connectivity index (χ1v) is 8.02. The topological polar surface area (TPSA) is 95.9 Å². The number of benzene rings is 1. The maximum atomic E-state index is 12.2. The smallest absolute Gasteiger partial charge is 0.337 e. The number of carboxylic acid groups (broad SMARTS) is 1. The third-order valence-corrected chi connectivity index (χ3v) is 4.78. The lowest BCUT2D eigenvalue weighted by molar-refractivity contribution is 0.0697. The van der Waals surface area contributed by atoms with E-state index in [2.05, 4.69) is 20.7 Å². The Hall–Kier alpha value is -1.16. The second-order valence-electron chi connectivity index (χ2n) is 4.11. The van der Waals surface area contributed by atoms with Crippen LogP contribution in [-0.2, 0) is 14.9 Å². The molecule has 1 aliphatic rings. The molecule has 1 aromatic rings. The Labute approximate surface area is 124 Å². The molecule has 20 heavy (non-hydrogen) atoms. The average Bonchev–Trinajstić information content (AvgIpc) is 2.39. The minimum absolute atomic E-state index is 0.0263. The molecule has 0 spiro atoms. The van der Waals surface area contributed by atoms with Crippen LogP contribution in [-0.4, -0.2) is 50.1 Å². The summed E-state index contributed by atoms with van der Waals surface area (Å²) in [5.74, 6) is -1.20. The number of hydrogen-bond donors (Lipinski definition) is 2. The highest BCUT2D eigenvalue weighted by atomic mass is 79.9. The van der Waals surface area contributed by atoms with Crippen molar-refractivity contribution in [3.63, 3.8) is 0 Å². The van der Waals surface area contributed by atoms with Gasteiger partial charge in [-0.05, 0) is 18.2 Å². The summed E-state index contributed by atoms with van der Waals surface area (Å²) >= 11 is 3.19. The van der Waals surface area contributed by atoms with E-state index in [1.54, 1.807) is 0 Å². The molecule has 0 aliphatic carbocycles. The van der Waals surface area contributed by atoms with Crippen LogP contribution < -0.4 is 4.72 Å². The van der Waals surface area contributed by atoms with Gasteiger partial charge in [0, 0.05) is 17.6 Å². The van der Waals surface area contributed by atoms with E-state index in [0.29, 0.717) is 17.7 Å². The number of ether oxygens (including phenoxy) is 1. The van der Waals surface area contributed by atoms with Crippen LogP contribution in [0.3, 0.4) is 0 Å². The van der Waals surface area contributed by atoms with Gasteiger partial charge in [-0.2, -0.15) is 12.7 Å². The number of anilines is 1. The number of aromatic carboxylic acids is 1. The standard InChI is InChI=1S/C11H13BrN2O5S/c12-8-1-2-9(11(15)16)10(7-8)13-20(17,18)14-3-5-19-6-4-14/h1-2,7,13H,3-6H2,(H,15,16). The fraction of sp³-hybridized carbons (Fsp3) is 0.364.